The van der Waals surface area contributed by atoms with Gasteiger partial charge in [-0.25, -0.2) is 8.78 Å². The van der Waals surface area contributed by atoms with Crippen LogP contribution >= 0.6 is 0 Å². The summed E-state index contributed by atoms with van der Waals surface area (Å²) in [5.41, 5.74) is 3.58. The Bertz CT molecular complexity index is 1340. The number of ether oxygens (including phenoxy) is 1. The number of hydrogen-bond acceptors (Lipinski definition) is 1. The Morgan fingerprint density at radius 1 is 0.730 bits per heavy atom. The zero-order valence-electron chi connectivity index (χ0n) is 20.7. The molecule has 0 aromatic heterocycles. The second-order valence-electron chi connectivity index (χ2n) is 9.29. The van der Waals surface area contributed by atoms with Crippen LogP contribution in [0.25, 0.3) is 21.9 Å². The van der Waals surface area contributed by atoms with Crippen molar-refractivity contribution < 1.29 is 26.7 Å². The molecule has 4 aromatic carbocycles. The molecule has 0 saturated carbocycles. The summed E-state index contributed by atoms with van der Waals surface area (Å²) in [7, 11) is 0. The van der Waals surface area contributed by atoms with Crippen LogP contribution in [0.4, 0.5) is 22.0 Å². The summed E-state index contributed by atoms with van der Waals surface area (Å²) in [6, 6.07) is 20.5. The molecule has 194 valence electrons. The minimum absolute atomic E-state index is 0.135. The molecule has 0 aliphatic rings. The van der Waals surface area contributed by atoms with Crippen LogP contribution in [0.2, 0.25) is 0 Å². The third-order valence-corrected chi connectivity index (χ3v) is 6.46. The molecule has 4 aromatic rings. The molecule has 0 saturated heterocycles. The molecule has 0 spiro atoms. The van der Waals surface area contributed by atoms with Crippen molar-refractivity contribution in [3.63, 3.8) is 0 Å². The highest BCUT2D eigenvalue weighted by atomic mass is 19.4. The van der Waals surface area contributed by atoms with Gasteiger partial charge in [0, 0.05) is 10.9 Å². The van der Waals surface area contributed by atoms with E-state index >= 15 is 4.39 Å². The summed E-state index contributed by atoms with van der Waals surface area (Å²) < 4.78 is 71.7. The first-order valence-corrected chi connectivity index (χ1v) is 12.5. The Balaban J connectivity index is 1.44. The molecule has 0 atom stereocenters. The summed E-state index contributed by atoms with van der Waals surface area (Å²) >= 11 is 0. The van der Waals surface area contributed by atoms with Crippen molar-refractivity contribution in [3.05, 3.63) is 101 Å². The quantitative estimate of drug-likeness (QED) is 0.152. The molecule has 0 fully saturated rings. The van der Waals surface area contributed by atoms with Gasteiger partial charge in [-0.1, -0.05) is 68.3 Å². The largest absolute Gasteiger partial charge is 0.484 e. The Kier molecular flexibility index (Phi) is 8.47. The predicted octanol–water partition coefficient (Wildman–Crippen LogP) is 9.24. The second kappa shape index (κ2) is 11.8. The summed E-state index contributed by atoms with van der Waals surface area (Å²) in [6.45, 7) is 0.796. The molecule has 0 radical (unpaired) electrons. The molecule has 0 heterocycles. The van der Waals surface area contributed by atoms with Gasteiger partial charge >= 0.3 is 6.18 Å². The molecule has 0 amide bonds. The molecule has 0 unspecified atom stereocenters. The van der Waals surface area contributed by atoms with Crippen molar-refractivity contribution in [1.29, 1.82) is 0 Å². The number of unbranched alkanes of at least 4 members (excludes halogenated alkanes) is 2. The number of hydrogen-bond donors (Lipinski definition) is 0. The van der Waals surface area contributed by atoms with Crippen molar-refractivity contribution in [3.8, 4) is 16.9 Å². The van der Waals surface area contributed by atoms with Crippen LogP contribution in [0.3, 0.4) is 0 Å². The van der Waals surface area contributed by atoms with Gasteiger partial charge in [0.05, 0.1) is 0 Å². The Hall–Kier alpha value is -3.41. The first-order valence-electron chi connectivity index (χ1n) is 12.5. The summed E-state index contributed by atoms with van der Waals surface area (Å²) in [5, 5.41) is 1.16. The lowest BCUT2D eigenvalue weighted by molar-refractivity contribution is -0.153. The van der Waals surface area contributed by atoms with Crippen LogP contribution in [-0.4, -0.2) is 12.8 Å². The Morgan fingerprint density at radius 2 is 1.49 bits per heavy atom. The Labute approximate surface area is 213 Å². The zero-order valence-corrected chi connectivity index (χ0v) is 20.7. The fourth-order valence-corrected chi connectivity index (χ4v) is 4.42. The van der Waals surface area contributed by atoms with E-state index in [2.05, 4.69) is 6.92 Å². The number of alkyl halides is 3. The fourth-order valence-electron chi connectivity index (χ4n) is 4.42. The fraction of sp³-hybridized carbons (Fsp3) is 0.290. The standard InChI is InChI=1S/C31H29F5O/c1-2-3-4-5-22-9-16-27(29(32)18-22)24-13-17-28-25(19-24)12-11-23(30(28)33)10-6-21-7-14-26(15-8-21)37-20-31(34,35)36/h7-9,11-19H,2-6,10,20H2,1H3. The number of rotatable bonds is 10. The predicted molar refractivity (Wildman–Crippen MR) is 138 cm³/mol. The van der Waals surface area contributed by atoms with Crippen molar-refractivity contribution in [1.82, 2.24) is 0 Å². The van der Waals surface area contributed by atoms with E-state index in [0.717, 1.165) is 36.8 Å². The van der Waals surface area contributed by atoms with Gasteiger partial charge in [0.15, 0.2) is 6.61 Å². The van der Waals surface area contributed by atoms with Crippen molar-refractivity contribution in [2.45, 2.75) is 51.6 Å². The number of benzene rings is 4. The van der Waals surface area contributed by atoms with E-state index in [1.807, 2.05) is 12.1 Å². The minimum Gasteiger partial charge on any atom is -0.484 e. The van der Waals surface area contributed by atoms with Crippen LogP contribution in [0.5, 0.6) is 5.75 Å². The van der Waals surface area contributed by atoms with Crippen LogP contribution < -0.4 is 4.74 Å². The van der Waals surface area contributed by atoms with Crippen molar-refractivity contribution >= 4 is 10.8 Å². The van der Waals surface area contributed by atoms with E-state index in [-0.39, 0.29) is 17.4 Å². The molecular formula is C31H29F5O. The molecule has 4 rings (SSSR count). The highest BCUT2D eigenvalue weighted by Gasteiger charge is 2.28. The van der Waals surface area contributed by atoms with Crippen LogP contribution in [0, 0.1) is 11.6 Å². The molecule has 6 heteroatoms. The maximum Gasteiger partial charge on any atom is 0.422 e. The lowest BCUT2D eigenvalue weighted by Crippen LogP contribution is -2.19. The Morgan fingerprint density at radius 3 is 2.19 bits per heavy atom. The monoisotopic (exact) mass is 512 g/mol. The average molecular weight is 513 g/mol. The number of halogens is 5. The maximum atomic E-state index is 15.3. The van der Waals surface area contributed by atoms with Crippen molar-refractivity contribution in [2.24, 2.45) is 0 Å². The third-order valence-electron chi connectivity index (χ3n) is 6.46. The molecule has 0 aliphatic carbocycles. The molecule has 0 N–H and O–H groups in total. The maximum absolute atomic E-state index is 15.3. The van der Waals surface area contributed by atoms with Gasteiger partial charge in [-0.3, -0.25) is 0 Å². The van der Waals surface area contributed by atoms with Gasteiger partial charge < -0.3 is 4.74 Å². The highest BCUT2D eigenvalue weighted by Crippen LogP contribution is 2.30. The second-order valence-corrected chi connectivity index (χ2v) is 9.29. The minimum atomic E-state index is -4.39. The van der Waals surface area contributed by atoms with Crippen molar-refractivity contribution in [2.75, 3.05) is 6.61 Å². The lowest BCUT2D eigenvalue weighted by atomic mass is 9.96. The molecule has 1 nitrogen and oxygen atoms in total. The van der Waals surface area contributed by atoms with Crippen LogP contribution in [0.15, 0.2) is 72.8 Å². The van der Waals surface area contributed by atoms with Gasteiger partial charge in [-0.15, -0.1) is 0 Å². The zero-order chi connectivity index (χ0) is 26.4. The first-order chi connectivity index (χ1) is 17.7. The van der Waals surface area contributed by atoms with Crippen LogP contribution in [0.1, 0.15) is 42.9 Å². The topological polar surface area (TPSA) is 9.23 Å². The van der Waals surface area contributed by atoms with E-state index < -0.39 is 12.8 Å². The molecular weight excluding hydrogens is 483 g/mol. The molecule has 0 aliphatic heterocycles. The normalized spacial score (nSPS) is 11.7. The van der Waals surface area contributed by atoms with Crippen LogP contribution in [-0.2, 0) is 19.3 Å². The molecule has 0 bridgehead atoms. The number of aryl methyl sites for hydroxylation is 3. The third kappa shape index (κ3) is 7.09. The first kappa shape index (κ1) is 26.6. The van der Waals surface area contributed by atoms with Gasteiger partial charge in [-0.2, -0.15) is 13.2 Å². The van der Waals surface area contributed by atoms with Gasteiger partial charge in [0.25, 0.3) is 0 Å². The van der Waals surface area contributed by atoms with E-state index in [4.69, 9.17) is 4.74 Å². The summed E-state index contributed by atoms with van der Waals surface area (Å²) in [5.74, 6) is -0.461. The number of fused-ring (bicyclic) bond motifs is 1. The lowest BCUT2D eigenvalue weighted by Gasteiger charge is -2.11. The van der Waals surface area contributed by atoms with Gasteiger partial charge in [0.2, 0.25) is 0 Å². The summed E-state index contributed by atoms with van der Waals surface area (Å²) in [6.07, 6.45) is 0.693. The van der Waals surface area contributed by atoms with Gasteiger partial charge in [-0.05, 0) is 77.6 Å². The summed E-state index contributed by atoms with van der Waals surface area (Å²) in [4.78, 5) is 0. The SMILES string of the molecule is CCCCCc1ccc(-c2ccc3c(F)c(CCc4ccc(OCC(F)(F)F)cc4)ccc3c2)c(F)c1. The highest BCUT2D eigenvalue weighted by molar-refractivity contribution is 5.88. The van der Waals surface area contributed by atoms with E-state index in [1.165, 1.54) is 12.1 Å². The average Bonchev–Trinajstić information content (AvgIpc) is 2.87. The molecule has 37 heavy (non-hydrogen) atoms. The van der Waals surface area contributed by atoms with Gasteiger partial charge in [0.1, 0.15) is 17.4 Å². The van der Waals surface area contributed by atoms with E-state index in [0.29, 0.717) is 40.3 Å². The smallest absolute Gasteiger partial charge is 0.422 e. The van der Waals surface area contributed by atoms with E-state index in [9.17, 15) is 17.6 Å². The van der Waals surface area contributed by atoms with E-state index in [1.54, 1.807) is 48.5 Å².